The van der Waals surface area contributed by atoms with Crippen molar-refractivity contribution in [3.05, 3.63) is 0 Å². The molecule has 0 radical (unpaired) electrons. The summed E-state index contributed by atoms with van der Waals surface area (Å²) in [4.78, 5) is 59.4. The summed E-state index contributed by atoms with van der Waals surface area (Å²) in [5.41, 5.74) is 11.4. The fourth-order valence-electron chi connectivity index (χ4n) is 2.74. The normalized spacial score (nSPS) is 15.5. The molecule has 0 heterocycles. The summed E-state index contributed by atoms with van der Waals surface area (Å²) in [6.07, 6.45) is 1.42. The van der Waals surface area contributed by atoms with Gasteiger partial charge in [0.05, 0.1) is 6.04 Å². The highest BCUT2D eigenvalue weighted by atomic mass is 16.4. The van der Waals surface area contributed by atoms with Gasteiger partial charge in [-0.2, -0.15) is 0 Å². The number of hydrogen-bond donors (Lipinski definition) is 7. The fraction of sp³-hybridized carbons (Fsp3) is 0.750. The number of nitrogens with two attached hydrogens (primary N) is 2. The van der Waals surface area contributed by atoms with E-state index in [1.807, 2.05) is 13.8 Å². The van der Waals surface area contributed by atoms with Crippen molar-refractivity contribution in [3.8, 4) is 0 Å². The highest BCUT2D eigenvalue weighted by Gasteiger charge is 2.29. The quantitative estimate of drug-likeness (QED) is 0.139. The molecule has 0 aromatic carbocycles. The molecule has 0 saturated heterocycles. The Bertz CT molecular complexity index is 658. The second-order valence-electron chi connectivity index (χ2n) is 7.82. The summed E-state index contributed by atoms with van der Waals surface area (Å²) in [7, 11) is 0. The van der Waals surface area contributed by atoms with Crippen LogP contribution < -0.4 is 27.4 Å². The minimum atomic E-state index is -1.41. The van der Waals surface area contributed by atoms with Gasteiger partial charge in [0.2, 0.25) is 17.7 Å². The highest BCUT2D eigenvalue weighted by molar-refractivity contribution is 5.94. The van der Waals surface area contributed by atoms with Crippen molar-refractivity contribution < 1.29 is 34.2 Å². The largest absolute Gasteiger partial charge is 0.481 e. The summed E-state index contributed by atoms with van der Waals surface area (Å²) >= 11 is 0. The predicted octanol–water partition coefficient (Wildman–Crippen LogP) is -1.09. The maximum absolute atomic E-state index is 12.7. The number of aliphatic carboxylic acids is 2. The maximum atomic E-state index is 12.7. The van der Waals surface area contributed by atoms with E-state index in [2.05, 4.69) is 16.0 Å². The third-order valence-electron chi connectivity index (χ3n) is 5.15. The van der Waals surface area contributed by atoms with Crippen LogP contribution in [0.2, 0.25) is 0 Å². The summed E-state index contributed by atoms with van der Waals surface area (Å²) < 4.78 is 0. The molecule has 0 bridgehead atoms. The number of rotatable bonds is 16. The number of carboxylic acids is 2. The third-order valence-corrected chi connectivity index (χ3v) is 5.15. The monoisotopic (exact) mass is 459 g/mol. The molecule has 5 unspecified atom stereocenters. The van der Waals surface area contributed by atoms with Crippen LogP contribution in [-0.4, -0.2) is 70.6 Å². The molecule has 12 nitrogen and oxygen atoms in total. The number of amides is 3. The van der Waals surface area contributed by atoms with Crippen LogP contribution in [0.4, 0.5) is 0 Å². The van der Waals surface area contributed by atoms with Crippen LogP contribution in [0.15, 0.2) is 0 Å². The molecule has 9 N–H and O–H groups in total. The van der Waals surface area contributed by atoms with Crippen molar-refractivity contribution >= 4 is 29.7 Å². The topological polar surface area (TPSA) is 214 Å². The van der Waals surface area contributed by atoms with E-state index in [1.165, 1.54) is 6.92 Å². The van der Waals surface area contributed by atoms with E-state index in [9.17, 15) is 24.0 Å². The van der Waals surface area contributed by atoms with Crippen molar-refractivity contribution in [2.24, 2.45) is 17.4 Å². The molecule has 0 rings (SSSR count). The van der Waals surface area contributed by atoms with Crippen LogP contribution in [0, 0.1) is 5.92 Å². The molecular formula is C20H37N5O7. The third kappa shape index (κ3) is 11.0. The minimum Gasteiger partial charge on any atom is -0.481 e. The Labute approximate surface area is 187 Å². The molecule has 5 atom stereocenters. The number of nitrogens with one attached hydrogen (secondary N) is 3. The molecule has 184 valence electrons. The van der Waals surface area contributed by atoms with E-state index in [-0.39, 0.29) is 18.8 Å². The smallest absolute Gasteiger partial charge is 0.326 e. The average molecular weight is 460 g/mol. The molecule has 12 heteroatoms. The molecule has 0 aromatic heterocycles. The highest BCUT2D eigenvalue weighted by Crippen LogP contribution is 2.08. The molecular weight excluding hydrogens is 422 g/mol. The van der Waals surface area contributed by atoms with Crippen LogP contribution >= 0.6 is 0 Å². The molecule has 0 aliphatic rings. The van der Waals surface area contributed by atoms with Crippen molar-refractivity contribution in [1.82, 2.24) is 16.0 Å². The number of carboxylic acid groups (broad SMARTS) is 2. The molecule has 0 fully saturated rings. The lowest BCUT2D eigenvalue weighted by Crippen LogP contribution is -2.56. The van der Waals surface area contributed by atoms with Gasteiger partial charge in [0.25, 0.3) is 0 Å². The zero-order valence-corrected chi connectivity index (χ0v) is 18.9. The Morgan fingerprint density at radius 2 is 1.44 bits per heavy atom. The maximum Gasteiger partial charge on any atom is 0.326 e. The van der Waals surface area contributed by atoms with E-state index in [0.717, 1.165) is 0 Å². The number of unbranched alkanes of at least 4 members (excludes halogenated alkanes) is 1. The Kier molecular flexibility index (Phi) is 13.8. The Balaban J connectivity index is 5.10. The van der Waals surface area contributed by atoms with Crippen molar-refractivity contribution in [2.75, 3.05) is 6.54 Å². The predicted molar refractivity (Wildman–Crippen MR) is 116 cm³/mol. The van der Waals surface area contributed by atoms with Gasteiger partial charge in [-0.25, -0.2) is 4.79 Å². The average Bonchev–Trinajstić information content (AvgIpc) is 2.73. The van der Waals surface area contributed by atoms with Gasteiger partial charge >= 0.3 is 11.9 Å². The van der Waals surface area contributed by atoms with Crippen LogP contribution in [0.1, 0.15) is 59.3 Å². The zero-order valence-electron chi connectivity index (χ0n) is 18.9. The van der Waals surface area contributed by atoms with Gasteiger partial charge in [-0.05, 0) is 45.1 Å². The van der Waals surface area contributed by atoms with E-state index < -0.39 is 60.2 Å². The Morgan fingerprint density at radius 3 is 1.94 bits per heavy atom. The van der Waals surface area contributed by atoms with Crippen LogP contribution in [0.25, 0.3) is 0 Å². The van der Waals surface area contributed by atoms with E-state index in [0.29, 0.717) is 25.8 Å². The first-order valence-corrected chi connectivity index (χ1v) is 10.8. The summed E-state index contributed by atoms with van der Waals surface area (Å²) in [6.45, 7) is 5.49. The summed E-state index contributed by atoms with van der Waals surface area (Å²) in [6, 6.07) is -4.27. The molecule has 0 saturated carbocycles. The molecule has 0 aliphatic heterocycles. The van der Waals surface area contributed by atoms with Gasteiger partial charge in [-0.15, -0.1) is 0 Å². The molecule has 0 spiro atoms. The first-order chi connectivity index (χ1) is 14.9. The van der Waals surface area contributed by atoms with E-state index in [1.54, 1.807) is 0 Å². The number of carbonyl (C=O) groups excluding carboxylic acids is 3. The molecule has 0 aromatic rings. The van der Waals surface area contributed by atoms with Gasteiger partial charge in [0.15, 0.2) is 0 Å². The van der Waals surface area contributed by atoms with Gasteiger partial charge in [-0.3, -0.25) is 19.2 Å². The van der Waals surface area contributed by atoms with Gasteiger partial charge in [0, 0.05) is 6.42 Å². The molecule has 0 aliphatic carbocycles. The van der Waals surface area contributed by atoms with Gasteiger partial charge in [0.1, 0.15) is 18.1 Å². The number of carbonyl (C=O) groups is 5. The van der Waals surface area contributed by atoms with Crippen molar-refractivity contribution in [1.29, 1.82) is 0 Å². The van der Waals surface area contributed by atoms with Crippen LogP contribution in [-0.2, 0) is 24.0 Å². The van der Waals surface area contributed by atoms with Crippen molar-refractivity contribution in [3.63, 3.8) is 0 Å². The van der Waals surface area contributed by atoms with Crippen LogP contribution in [0.3, 0.4) is 0 Å². The summed E-state index contributed by atoms with van der Waals surface area (Å²) in [5, 5.41) is 25.1. The second kappa shape index (κ2) is 15.1. The van der Waals surface area contributed by atoms with Crippen molar-refractivity contribution in [2.45, 2.75) is 83.5 Å². The molecule has 32 heavy (non-hydrogen) atoms. The lowest BCUT2D eigenvalue weighted by Gasteiger charge is -2.25. The Hall–Kier alpha value is -2.73. The second-order valence-corrected chi connectivity index (χ2v) is 7.82. The SMILES string of the molecule is CCC(C)C(N)C(=O)NC(CCCCN)C(=O)NC(C)C(=O)NC(CCC(=O)O)C(=O)O. The Morgan fingerprint density at radius 1 is 0.844 bits per heavy atom. The lowest BCUT2D eigenvalue weighted by atomic mass is 9.98. The minimum absolute atomic E-state index is 0.0915. The standard InChI is InChI=1S/C20H37N5O7/c1-4-11(2)16(22)19(30)24-13(7-5-6-10-21)18(29)23-12(3)17(28)25-14(20(31)32)8-9-15(26)27/h11-14,16H,4-10,21-22H2,1-3H3,(H,23,29)(H,24,30)(H,25,28)(H,26,27)(H,31,32). The lowest BCUT2D eigenvalue weighted by molar-refractivity contribution is -0.143. The number of hydrogen-bond acceptors (Lipinski definition) is 7. The van der Waals surface area contributed by atoms with Crippen LogP contribution in [0.5, 0.6) is 0 Å². The zero-order chi connectivity index (χ0) is 24.8. The molecule has 3 amide bonds. The van der Waals surface area contributed by atoms with Gasteiger partial charge < -0.3 is 37.6 Å². The van der Waals surface area contributed by atoms with E-state index in [4.69, 9.17) is 21.7 Å². The van der Waals surface area contributed by atoms with E-state index >= 15 is 0 Å². The first kappa shape index (κ1) is 29.3. The fourth-order valence-corrected chi connectivity index (χ4v) is 2.74. The summed E-state index contributed by atoms with van der Waals surface area (Å²) in [5.74, 6) is -4.57. The van der Waals surface area contributed by atoms with Gasteiger partial charge in [-0.1, -0.05) is 20.3 Å². The first-order valence-electron chi connectivity index (χ1n) is 10.8.